The van der Waals surface area contributed by atoms with E-state index in [-0.39, 0.29) is 23.8 Å². The summed E-state index contributed by atoms with van der Waals surface area (Å²) in [5, 5.41) is 3.53. The van der Waals surface area contributed by atoms with Gasteiger partial charge in [0.15, 0.2) is 0 Å². The number of carbonyl (C=O) groups is 2. The number of amides is 2. The van der Waals surface area contributed by atoms with Crippen molar-refractivity contribution in [2.75, 3.05) is 24.3 Å². The van der Waals surface area contributed by atoms with E-state index in [4.69, 9.17) is 11.6 Å². The average molecular weight is 426 g/mol. The Morgan fingerprint density at radius 1 is 1.07 bits per heavy atom. The molecular formula is C24H28ClN3O2. The smallest absolute Gasteiger partial charge is 0.255 e. The van der Waals surface area contributed by atoms with E-state index >= 15 is 0 Å². The first-order valence-corrected chi connectivity index (χ1v) is 11.0. The summed E-state index contributed by atoms with van der Waals surface area (Å²) in [5.74, 6) is 0.180. The van der Waals surface area contributed by atoms with Crippen LogP contribution in [0, 0.1) is 5.92 Å². The maximum atomic E-state index is 13.3. The minimum atomic E-state index is -0.0447. The third-order valence-electron chi connectivity index (χ3n) is 6.00. The molecule has 2 aliphatic carbocycles. The zero-order valence-corrected chi connectivity index (χ0v) is 18.3. The molecule has 0 bridgehead atoms. The molecule has 2 aromatic carbocycles. The van der Waals surface area contributed by atoms with Crippen molar-refractivity contribution in [1.29, 1.82) is 0 Å². The molecule has 158 valence electrons. The van der Waals surface area contributed by atoms with Gasteiger partial charge in [0.2, 0.25) is 5.91 Å². The molecular weight excluding hydrogens is 398 g/mol. The van der Waals surface area contributed by atoms with Crippen LogP contribution >= 0.6 is 11.6 Å². The molecule has 1 N–H and O–H groups in total. The van der Waals surface area contributed by atoms with Gasteiger partial charge in [0.05, 0.1) is 10.6 Å². The first-order valence-electron chi connectivity index (χ1n) is 10.6. The van der Waals surface area contributed by atoms with Crippen LogP contribution in [0.4, 0.5) is 11.4 Å². The fourth-order valence-corrected chi connectivity index (χ4v) is 4.08. The molecule has 0 aliphatic heterocycles. The SMILES string of the molecule is CN(C)c1ccc(NC(=O)C2CCC2)cc1CN(C(=O)c1ccccc1Cl)C1CC1. The number of benzene rings is 2. The first-order chi connectivity index (χ1) is 14.4. The zero-order chi connectivity index (χ0) is 21.3. The Labute approximate surface area is 183 Å². The molecule has 0 heterocycles. The summed E-state index contributed by atoms with van der Waals surface area (Å²) < 4.78 is 0. The van der Waals surface area contributed by atoms with Gasteiger partial charge in [-0.15, -0.1) is 0 Å². The number of halogens is 1. The molecule has 0 unspecified atom stereocenters. The lowest BCUT2D eigenvalue weighted by molar-refractivity contribution is -0.122. The summed E-state index contributed by atoms with van der Waals surface area (Å²) >= 11 is 6.30. The Hall–Kier alpha value is -2.53. The van der Waals surface area contributed by atoms with E-state index in [1.165, 1.54) is 0 Å². The van der Waals surface area contributed by atoms with Crippen LogP contribution < -0.4 is 10.2 Å². The Balaban J connectivity index is 1.60. The van der Waals surface area contributed by atoms with Gasteiger partial charge in [-0.2, -0.15) is 0 Å². The van der Waals surface area contributed by atoms with Crippen molar-refractivity contribution in [3.8, 4) is 0 Å². The molecule has 2 saturated carbocycles. The number of rotatable bonds is 7. The summed E-state index contributed by atoms with van der Waals surface area (Å²) in [7, 11) is 3.98. The molecule has 0 saturated heterocycles. The van der Waals surface area contributed by atoms with Gasteiger partial charge in [0.25, 0.3) is 5.91 Å². The van der Waals surface area contributed by atoms with Crippen molar-refractivity contribution in [1.82, 2.24) is 4.90 Å². The van der Waals surface area contributed by atoms with Crippen molar-refractivity contribution < 1.29 is 9.59 Å². The van der Waals surface area contributed by atoms with Crippen LogP contribution in [-0.4, -0.2) is 36.9 Å². The van der Waals surface area contributed by atoms with E-state index in [9.17, 15) is 9.59 Å². The second-order valence-corrected chi connectivity index (χ2v) is 8.91. The fraction of sp³-hybridized carbons (Fsp3) is 0.417. The Bertz CT molecular complexity index is 951. The maximum absolute atomic E-state index is 13.3. The number of anilines is 2. The molecule has 2 aromatic rings. The zero-order valence-electron chi connectivity index (χ0n) is 17.5. The van der Waals surface area contributed by atoms with Gasteiger partial charge in [-0.1, -0.05) is 30.2 Å². The Morgan fingerprint density at radius 2 is 1.80 bits per heavy atom. The standard InChI is InChI=1S/C24H28ClN3O2/c1-27(2)22-13-10-18(26-23(29)16-6-5-7-16)14-17(22)15-28(19-11-12-19)24(30)20-8-3-4-9-21(20)25/h3-4,8-10,13-14,16,19H,5-7,11-12,15H2,1-2H3,(H,26,29). The summed E-state index contributed by atoms with van der Waals surface area (Å²) in [6, 6.07) is 13.4. The summed E-state index contributed by atoms with van der Waals surface area (Å²) in [5.41, 5.74) is 3.37. The topological polar surface area (TPSA) is 52.7 Å². The predicted octanol–water partition coefficient (Wildman–Crippen LogP) is 4.95. The molecule has 2 fully saturated rings. The highest BCUT2D eigenvalue weighted by atomic mass is 35.5. The van der Waals surface area contributed by atoms with Gasteiger partial charge in [-0.3, -0.25) is 9.59 Å². The highest BCUT2D eigenvalue weighted by Gasteiger charge is 2.34. The second-order valence-electron chi connectivity index (χ2n) is 8.50. The molecule has 0 atom stereocenters. The van der Waals surface area contributed by atoms with Crippen LogP contribution in [0.3, 0.4) is 0 Å². The molecule has 6 heteroatoms. The monoisotopic (exact) mass is 425 g/mol. The highest BCUT2D eigenvalue weighted by Crippen LogP contribution is 2.34. The van der Waals surface area contributed by atoms with Crippen molar-refractivity contribution in [3.63, 3.8) is 0 Å². The number of nitrogens with one attached hydrogen (secondary N) is 1. The Morgan fingerprint density at radius 3 is 2.40 bits per heavy atom. The lowest BCUT2D eigenvalue weighted by Gasteiger charge is -2.27. The third-order valence-corrected chi connectivity index (χ3v) is 6.33. The molecule has 2 amide bonds. The van der Waals surface area contributed by atoms with Gasteiger partial charge < -0.3 is 15.1 Å². The van der Waals surface area contributed by atoms with Crippen LogP contribution in [0.2, 0.25) is 5.02 Å². The Kier molecular flexibility index (Phi) is 6.00. The summed E-state index contributed by atoms with van der Waals surface area (Å²) in [4.78, 5) is 29.6. The van der Waals surface area contributed by atoms with E-state index < -0.39 is 0 Å². The van der Waals surface area contributed by atoms with E-state index in [2.05, 4.69) is 5.32 Å². The van der Waals surface area contributed by atoms with Crippen LogP contribution in [0.15, 0.2) is 42.5 Å². The van der Waals surface area contributed by atoms with Crippen LogP contribution in [0.1, 0.15) is 48.0 Å². The van der Waals surface area contributed by atoms with Gasteiger partial charge in [-0.25, -0.2) is 0 Å². The normalized spacial score (nSPS) is 16.0. The quantitative estimate of drug-likeness (QED) is 0.682. The number of carbonyl (C=O) groups excluding carboxylic acids is 2. The van der Waals surface area contributed by atoms with Crippen molar-refractivity contribution >= 4 is 34.8 Å². The number of nitrogens with zero attached hydrogens (tertiary/aromatic N) is 2. The summed E-state index contributed by atoms with van der Waals surface area (Å²) in [6.07, 6.45) is 5.08. The van der Waals surface area contributed by atoms with E-state index in [0.29, 0.717) is 17.1 Å². The second kappa shape index (κ2) is 8.68. The predicted molar refractivity (Wildman–Crippen MR) is 121 cm³/mol. The highest BCUT2D eigenvalue weighted by molar-refractivity contribution is 6.33. The van der Waals surface area contributed by atoms with Gasteiger partial charge >= 0.3 is 0 Å². The first kappa shape index (κ1) is 20.7. The minimum absolute atomic E-state index is 0.0447. The molecule has 0 aromatic heterocycles. The molecule has 2 aliphatic rings. The molecule has 4 rings (SSSR count). The minimum Gasteiger partial charge on any atom is -0.377 e. The largest absolute Gasteiger partial charge is 0.377 e. The van der Waals surface area contributed by atoms with Crippen molar-refractivity contribution in [2.45, 2.75) is 44.7 Å². The average Bonchev–Trinajstić information content (AvgIpc) is 3.49. The van der Waals surface area contributed by atoms with Crippen LogP contribution in [0.25, 0.3) is 0 Å². The van der Waals surface area contributed by atoms with Crippen molar-refractivity contribution in [3.05, 3.63) is 58.6 Å². The molecule has 0 spiro atoms. The lowest BCUT2D eigenvalue weighted by Crippen LogP contribution is -2.33. The number of hydrogen-bond acceptors (Lipinski definition) is 3. The maximum Gasteiger partial charge on any atom is 0.255 e. The fourth-order valence-electron chi connectivity index (χ4n) is 3.87. The third kappa shape index (κ3) is 4.46. The van der Waals surface area contributed by atoms with E-state index in [1.54, 1.807) is 12.1 Å². The van der Waals surface area contributed by atoms with Gasteiger partial charge in [0, 0.05) is 44.0 Å². The van der Waals surface area contributed by atoms with Crippen LogP contribution in [0.5, 0.6) is 0 Å². The van der Waals surface area contributed by atoms with E-state index in [1.807, 2.05) is 54.2 Å². The van der Waals surface area contributed by atoms with E-state index in [0.717, 1.165) is 49.0 Å². The van der Waals surface area contributed by atoms with Crippen LogP contribution in [-0.2, 0) is 11.3 Å². The molecule has 5 nitrogen and oxygen atoms in total. The van der Waals surface area contributed by atoms with Crippen molar-refractivity contribution in [2.24, 2.45) is 5.92 Å². The summed E-state index contributed by atoms with van der Waals surface area (Å²) in [6.45, 7) is 0.482. The lowest BCUT2D eigenvalue weighted by atomic mass is 9.85. The van der Waals surface area contributed by atoms with Gasteiger partial charge in [0.1, 0.15) is 0 Å². The molecule has 30 heavy (non-hydrogen) atoms. The number of hydrogen-bond donors (Lipinski definition) is 1. The molecule has 0 radical (unpaired) electrons. The van der Waals surface area contributed by atoms with Gasteiger partial charge in [-0.05, 0) is 61.6 Å².